The van der Waals surface area contributed by atoms with Gasteiger partial charge in [0, 0.05) is 38.9 Å². The largest absolute Gasteiger partial charge is 0.385 e. The van der Waals surface area contributed by atoms with Crippen molar-refractivity contribution in [2.45, 2.75) is 31.8 Å². The Bertz CT molecular complexity index is 355. The van der Waals surface area contributed by atoms with Gasteiger partial charge in [0.05, 0.1) is 0 Å². The number of hydrogen-bond acceptors (Lipinski definition) is 3. The lowest BCUT2D eigenvalue weighted by atomic mass is 10.0. The summed E-state index contributed by atoms with van der Waals surface area (Å²) in [6, 6.07) is 11.9. The highest BCUT2D eigenvalue weighted by Crippen LogP contribution is 2.23. The van der Waals surface area contributed by atoms with E-state index in [0.29, 0.717) is 12.1 Å². The zero-order valence-electron chi connectivity index (χ0n) is 12.1. The molecule has 1 aromatic carbocycles. The van der Waals surface area contributed by atoms with E-state index >= 15 is 0 Å². The van der Waals surface area contributed by atoms with E-state index in [4.69, 9.17) is 4.74 Å². The summed E-state index contributed by atoms with van der Waals surface area (Å²) in [5.74, 6) is 0. The van der Waals surface area contributed by atoms with Crippen LogP contribution in [0.15, 0.2) is 30.3 Å². The fourth-order valence-electron chi connectivity index (χ4n) is 2.80. The average molecular weight is 262 g/mol. The summed E-state index contributed by atoms with van der Waals surface area (Å²) in [7, 11) is 1.78. The van der Waals surface area contributed by atoms with Crippen LogP contribution in [0.4, 0.5) is 0 Å². The molecule has 0 aliphatic carbocycles. The van der Waals surface area contributed by atoms with Crippen LogP contribution < -0.4 is 5.32 Å². The maximum Gasteiger partial charge on any atom is 0.0473 e. The van der Waals surface area contributed by atoms with Gasteiger partial charge in [-0.3, -0.25) is 4.90 Å². The Morgan fingerprint density at radius 2 is 2.05 bits per heavy atom. The maximum absolute atomic E-state index is 5.13. The molecular weight excluding hydrogens is 236 g/mol. The van der Waals surface area contributed by atoms with Crippen molar-refractivity contribution in [1.29, 1.82) is 0 Å². The third kappa shape index (κ3) is 4.30. The number of methoxy groups -OCH3 is 1. The SMILES string of the molecule is COCCCCN1CC(C)NCC1c1ccccc1. The minimum Gasteiger partial charge on any atom is -0.385 e. The Morgan fingerprint density at radius 1 is 1.26 bits per heavy atom. The molecule has 1 fully saturated rings. The summed E-state index contributed by atoms with van der Waals surface area (Å²) in [5, 5.41) is 3.60. The van der Waals surface area contributed by atoms with Gasteiger partial charge in [-0.15, -0.1) is 0 Å². The van der Waals surface area contributed by atoms with Crippen LogP contribution >= 0.6 is 0 Å². The first-order valence-electron chi connectivity index (χ1n) is 7.32. The van der Waals surface area contributed by atoms with E-state index in [0.717, 1.165) is 32.7 Å². The molecule has 1 aliphatic heterocycles. The number of nitrogens with one attached hydrogen (secondary N) is 1. The van der Waals surface area contributed by atoms with Crippen molar-refractivity contribution in [2.75, 3.05) is 33.4 Å². The molecule has 0 spiro atoms. The van der Waals surface area contributed by atoms with E-state index in [9.17, 15) is 0 Å². The number of unbranched alkanes of at least 4 members (excludes halogenated alkanes) is 1. The fraction of sp³-hybridized carbons (Fsp3) is 0.625. The summed E-state index contributed by atoms with van der Waals surface area (Å²) < 4.78 is 5.13. The molecule has 19 heavy (non-hydrogen) atoms. The van der Waals surface area contributed by atoms with Gasteiger partial charge in [-0.1, -0.05) is 30.3 Å². The molecule has 2 unspecified atom stereocenters. The van der Waals surface area contributed by atoms with Gasteiger partial charge >= 0.3 is 0 Å². The van der Waals surface area contributed by atoms with Crippen molar-refractivity contribution in [3.63, 3.8) is 0 Å². The Hall–Kier alpha value is -0.900. The molecule has 0 saturated carbocycles. The Kier molecular flexibility index (Phi) is 5.83. The quantitative estimate of drug-likeness (QED) is 0.797. The molecule has 1 aliphatic rings. The summed E-state index contributed by atoms with van der Waals surface area (Å²) in [4.78, 5) is 2.62. The van der Waals surface area contributed by atoms with Crippen LogP contribution in [-0.2, 0) is 4.74 Å². The molecule has 0 amide bonds. The molecule has 2 atom stereocenters. The molecule has 106 valence electrons. The summed E-state index contributed by atoms with van der Waals surface area (Å²) in [6.45, 7) is 6.48. The van der Waals surface area contributed by atoms with Crippen LogP contribution in [0.5, 0.6) is 0 Å². The van der Waals surface area contributed by atoms with Gasteiger partial charge in [0.15, 0.2) is 0 Å². The molecule has 0 aromatic heterocycles. The van der Waals surface area contributed by atoms with Crippen LogP contribution in [0.3, 0.4) is 0 Å². The summed E-state index contributed by atoms with van der Waals surface area (Å²) >= 11 is 0. The first-order chi connectivity index (χ1) is 9.31. The summed E-state index contributed by atoms with van der Waals surface area (Å²) in [5.41, 5.74) is 1.42. The zero-order valence-corrected chi connectivity index (χ0v) is 12.1. The molecule has 0 bridgehead atoms. The van der Waals surface area contributed by atoms with E-state index in [-0.39, 0.29) is 0 Å². The molecule has 3 nitrogen and oxygen atoms in total. The van der Waals surface area contributed by atoms with Crippen LogP contribution in [0.1, 0.15) is 31.4 Å². The molecule has 3 heteroatoms. The number of ether oxygens (including phenoxy) is 1. The number of rotatable bonds is 6. The highest BCUT2D eigenvalue weighted by atomic mass is 16.5. The number of nitrogens with zero attached hydrogens (tertiary/aromatic N) is 1. The molecule has 1 heterocycles. The van der Waals surface area contributed by atoms with Gasteiger partial charge in [-0.05, 0) is 31.9 Å². The van der Waals surface area contributed by atoms with E-state index in [1.54, 1.807) is 7.11 Å². The van der Waals surface area contributed by atoms with Gasteiger partial charge in [0.2, 0.25) is 0 Å². The first-order valence-corrected chi connectivity index (χ1v) is 7.32. The second-order valence-corrected chi connectivity index (χ2v) is 5.43. The standard InChI is InChI=1S/C16H26N2O/c1-14-13-18(10-6-7-11-19-2)16(12-17-14)15-8-4-3-5-9-15/h3-5,8-9,14,16-17H,6-7,10-13H2,1-2H3. The molecule has 1 N–H and O–H groups in total. The van der Waals surface area contributed by atoms with Crippen molar-refractivity contribution in [3.8, 4) is 0 Å². The maximum atomic E-state index is 5.13. The lowest BCUT2D eigenvalue weighted by molar-refractivity contribution is 0.125. The highest BCUT2D eigenvalue weighted by Gasteiger charge is 2.26. The van der Waals surface area contributed by atoms with Crippen molar-refractivity contribution >= 4 is 0 Å². The van der Waals surface area contributed by atoms with Gasteiger partial charge < -0.3 is 10.1 Å². The van der Waals surface area contributed by atoms with Gasteiger partial charge in [-0.25, -0.2) is 0 Å². The smallest absolute Gasteiger partial charge is 0.0473 e. The topological polar surface area (TPSA) is 24.5 Å². The Labute approximate surface area is 116 Å². The van der Waals surface area contributed by atoms with Crippen molar-refractivity contribution in [3.05, 3.63) is 35.9 Å². The fourth-order valence-corrected chi connectivity index (χ4v) is 2.80. The Balaban J connectivity index is 1.94. The van der Waals surface area contributed by atoms with Crippen molar-refractivity contribution in [1.82, 2.24) is 10.2 Å². The molecule has 2 rings (SSSR count). The lowest BCUT2D eigenvalue weighted by Crippen LogP contribution is -2.51. The van der Waals surface area contributed by atoms with Crippen LogP contribution in [0.25, 0.3) is 0 Å². The predicted octanol–water partition coefficient (Wildman–Crippen LogP) is 2.45. The monoisotopic (exact) mass is 262 g/mol. The van der Waals surface area contributed by atoms with Gasteiger partial charge in [-0.2, -0.15) is 0 Å². The second kappa shape index (κ2) is 7.63. The van der Waals surface area contributed by atoms with Crippen molar-refractivity contribution in [2.24, 2.45) is 0 Å². The van der Waals surface area contributed by atoms with Crippen LogP contribution in [0, 0.1) is 0 Å². The normalized spacial score (nSPS) is 24.5. The molecule has 0 radical (unpaired) electrons. The van der Waals surface area contributed by atoms with E-state index in [1.165, 1.54) is 12.0 Å². The first kappa shape index (κ1) is 14.5. The van der Waals surface area contributed by atoms with Crippen LogP contribution in [-0.4, -0.2) is 44.3 Å². The van der Waals surface area contributed by atoms with E-state index in [1.807, 2.05) is 0 Å². The second-order valence-electron chi connectivity index (χ2n) is 5.43. The molecule has 1 saturated heterocycles. The minimum atomic E-state index is 0.514. The highest BCUT2D eigenvalue weighted by molar-refractivity contribution is 5.20. The molecule has 1 aromatic rings. The number of piperazine rings is 1. The zero-order chi connectivity index (χ0) is 13.5. The van der Waals surface area contributed by atoms with E-state index in [2.05, 4.69) is 47.5 Å². The summed E-state index contributed by atoms with van der Waals surface area (Å²) in [6.07, 6.45) is 2.36. The average Bonchev–Trinajstić information content (AvgIpc) is 2.45. The third-order valence-corrected chi connectivity index (χ3v) is 3.84. The number of hydrogen-bond donors (Lipinski definition) is 1. The Morgan fingerprint density at radius 3 is 2.79 bits per heavy atom. The molecular formula is C16H26N2O. The van der Waals surface area contributed by atoms with Gasteiger partial charge in [0.1, 0.15) is 0 Å². The van der Waals surface area contributed by atoms with Gasteiger partial charge in [0.25, 0.3) is 0 Å². The van der Waals surface area contributed by atoms with E-state index < -0.39 is 0 Å². The van der Waals surface area contributed by atoms with Crippen LogP contribution in [0.2, 0.25) is 0 Å². The van der Waals surface area contributed by atoms with Crippen molar-refractivity contribution < 1.29 is 4.74 Å². The minimum absolute atomic E-state index is 0.514. The predicted molar refractivity (Wildman–Crippen MR) is 79.3 cm³/mol. The third-order valence-electron chi connectivity index (χ3n) is 3.84. The lowest BCUT2D eigenvalue weighted by Gasteiger charge is -2.39. The number of benzene rings is 1.